The molecule has 7 nitrogen and oxygen atoms in total. The standard InChI is InChI=1S/C24H20Cl2N2O5/c25-16-6-8-21(19(26)12-16)32-14-23(29)27-17-7-9-22-20(13-17)28(24(30)15-33-22)10-11-31-18-4-2-1-3-5-18/h1-9,12-13H,10-11,14-15H2,(H,27,29). The number of anilines is 2. The smallest absolute Gasteiger partial charge is 0.265 e. The van der Waals surface area contributed by atoms with Crippen molar-refractivity contribution in [1.82, 2.24) is 0 Å². The van der Waals surface area contributed by atoms with E-state index in [4.69, 9.17) is 37.4 Å². The quantitative estimate of drug-likeness (QED) is 0.494. The normalized spacial score (nSPS) is 12.5. The van der Waals surface area contributed by atoms with Gasteiger partial charge in [-0.25, -0.2) is 0 Å². The van der Waals surface area contributed by atoms with Crippen LogP contribution in [-0.4, -0.2) is 38.2 Å². The molecule has 0 aromatic heterocycles. The van der Waals surface area contributed by atoms with E-state index in [1.165, 1.54) is 6.07 Å². The summed E-state index contributed by atoms with van der Waals surface area (Å²) in [5.74, 6) is 1.05. The molecule has 33 heavy (non-hydrogen) atoms. The van der Waals surface area contributed by atoms with Gasteiger partial charge in [-0.3, -0.25) is 9.59 Å². The van der Waals surface area contributed by atoms with Gasteiger partial charge in [0.05, 0.1) is 17.3 Å². The highest BCUT2D eigenvalue weighted by Crippen LogP contribution is 2.34. The Morgan fingerprint density at radius 1 is 1.03 bits per heavy atom. The maximum absolute atomic E-state index is 12.5. The predicted octanol–water partition coefficient (Wildman–Crippen LogP) is 4.82. The van der Waals surface area contributed by atoms with Crippen molar-refractivity contribution in [2.75, 3.05) is 36.6 Å². The topological polar surface area (TPSA) is 77.1 Å². The van der Waals surface area contributed by atoms with Crippen molar-refractivity contribution in [3.05, 3.63) is 76.8 Å². The zero-order valence-corrected chi connectivity index (χ0v) is 18.9. The Balaban J connectivity index is 1.39. The minimum absolute atomic E-state index is 0.0558. The number of benzene rings is 3. The second-order valence-corrected chi connectivity index (χ2v) is 7.93. The minimum Gasteiger partial charge on any atom is -0.492 e. The third kappa shape index (κ3) is 5.88. The molecule has 3 aromatic rings. The van der Waals surface area contributed by atoms with E-state index >= 15 is 0 Å². The van der Waals surface area contributed by atoms with Gasteiger partial charge < -0.3 is 24.4 Å². The maximum Gasteiger partial charge on any atom is 0.265 e. The monoisotopic (exact) mass is 486 g/mol. The van der Waals surface area contributed by atoms with E-state index in [0.29, 0.717) is 46.1 Å². The molecule has 9 heteroatoms. The first kappa shape index (κ1) is 22.8. The summed E-state index contributed by atoms with van der Waals surface area (Å²) in [6.45, 7) is 0.337. The molecule has 0 saturated carbocycles. The lowest BCUT2D eigenvalue weighted by Crippen LogP contribution is -2.41. The van der Waals surface area contributed by atoms with Crippen LogP contribution in [-0.2, 0) is 9.59 Å². The van der Waals surface area contributed by atoms with Crippen LogP contribution in [0.1, 0.15) is 0 Å². The molecule has 2 amide bonds. The van der Waals surface area contributed by atoms with E-state index in [9.17, 15) is 9.59 Å². The van der Waals surface area contributed by atoms with Crippen LogP contribution in [0.2, 0.25) is 10.0 Å². The molecule has 0 saturated heterocycles. The Labute approximate surface area is 200 Å². The Bertz CT molecular complexity index is 1160. The Hall–Kier alpha value is -3.42. The Morgan fingerprint density at radius 2 is 1.85 bits per heavy atom. The third-order valence-corrected chi connectivity index (χ3v) is 5.30. The fourth-order valence-electron chi connectivity index (χ4n) is 3.23. The minimum atomic E-state index is -0.386. The molecule has 0 spiro atoms. The highest BCUT2D eigenvalue weighted by atomic mass is 35.5. The molecule has 1 aliphatic heterocycles. The van der Waals surface area contributed by atoms with Gasteiger partial charge in [-0.05, 0) is 48.5 Å². The number of carbonyl (C=O) groups excluding carboxylic acids is 2. The van der Waals surface area contributed by atoms with Gasteiger partial charge >= 0.3 is 0 Å². The van der Waals surface area contributed by atoms with Crippen LogP contribution < -0.4 is 24.4 Å². The molecule has 0 aliphatic carbocycles. The molecule has 0 atom stereocenters. The molecule has 0 fully saturated rings. The van der Waals surface area contributed by atoms with Crippen molar-refractivity contribution < 1.29 is 23.8 Å². The van der Waals surface area contributed by atoms with Crippen LogP contribution >= 0.6 is 23.2 Å². The molecule has 4 rings (SSSR count). The van der Waals surface area contributed by atoms with Gasteiger partial charge in [-0.2, -0.15) is 0 Å². The molecule has 1 heterocycles. The molecule has 1 aliphatic rings. The molecular formula is C24H20Cl2N2O5. The van der Waals surface area contributed by atoms with Crippen molar-refractivity contribution in [3.8, 4) is 17.2 Å². The summed E-state index contributed by atoms with van der Waals surface area (Å²) in [6, 6.07) is 19.2. The maximum atomic E-state index is 12.5. The summed E-state index contributed by atoms with van der Waals surface area (Å²) in [5.41, 5.74) is 1.05. The fraction of sp³-hybridized carbons (Fsp3) is 0.167. The van der Waals surface area contributed by atoms with Gasteiger partial charge in [0.1, 0.15) is 23.9 Å². The Kier molecular flexibility index (Phi) is 7.22. The zero-order chi connectivity index (χ0) is 23.2. The molecule has 0 radical (unpaired) electrons. The van der Waals surface area contributed by atoms with Gasteiger partial charge in [0, 0.05) is 10.7 Å². The molecule has 0 unspecified atom stereocenters. The number of nitrogens with one attached hydrogen (secondary N) is 1. The SMILES string of the molecule is O=C(COc1ccc(Cl)cc1Cl)Nc1ccc2c(c1)N(CCOc1ccccc1)C(=O)CO2. The van der Waals surface area contributed by atoms with Crippen LogP contribution in [0.3, 0.4) is 0 Å². The number of halogens is 2. The number of fused-ring (bicyclic) bond motifs is 1. The number of carbonyl (C=O) groups is 2. The number of rotatable bonds is 8. The number of ether oxygens (including phenoxy) is 3. The van der Waals surface area contributed by atoms with E-state index in [2.05, 4.69) is 5.32 Å². The van der Waals surface area contributed by atoms with E-state index < -0.39 is 0 Å². The molecular weight excluding hydrogens is 467 g/mol. The molecule has 3 aromatic carbocycles. The van der Waals surface area contributed by atoms with E-state index in [-0.39, 0.29) is 25.0 Å². The predicted molar refractivity (Wildman–Crippen MR) is 127 cm³/mol. The summed E-state index contributed by atoms with van der Waals surface area (Å²) in [5, 5.41) is 3.54. The van der Waals surface area contributed by atoms with Crippen LogP contribution in [0, 0.1) is 0 Å². The van der Waals surface area contributed by atoms with Crippen molar-refractivity contribution in [2.45, 2.75) is 0 Å². The Morgan fingerprint density at radius 3 is 2.64 bits per heavy atom. The average molecular weight is 487 g/mol. The van der Waals surface area contributed by atoms with E-state index in [1.807, 2.05) is 30.3 Å². The average Bonchev–Trinajstić information content (AvgIpc) is 2.81. The highest BCUT2D eigenvalue weighted by molar-refractivity contribution is 6.35. The van der Waals surface area contributed by atoms with Gasteiger partial charge in [-0.15, -0.1) is 0 Å². The second kappa shape index (κ2) is 10.5. The highest BCUT2D eigenvalue weighted by Gasteiger charge is 2.26. The van der Waals surface area contributed by atoms with Gasteiger partial charge in [-0.1, -0.05) is 41.4 Å². The summed E-state index contributed by atoms with van der Waals surface area (Å²) < 4.78 is 16.7. The molecule has 0 bridgehead atoms. The van der Waals surface area contributed by atoms with Crippen molar-refractivity contribution in [1.29, 1.82) is 0 Å². The van der Waals surface area contributed by atoms with Crippen molar-refractivity contribution in [2.24, 2.45) is 0 Å². The first-order valence-corrected chi connectivity index (χ1v) is 10.9. The number of hydrogen-bond acceptors (Lipinski definition) is 5. The lowest BCUT2D eigenvalue weighted by Gasteiger charge is -2.29. The lowest BCUT2D eigenvalue weighted by molar-refractivity contribution is -0.121. The summed E-state index contributed by atoms with van der Waals surface area (Å²) in [4.78, 5) is 26.4. The van der Waals surface area contributed by atoms with Gasteiger partial charge in [0.25, 0.3) is 11.8 Å². The molecule has 1 N–H and O–H groups in total. The van der Waals surface area contributed by atoms with Crippen LogP contribution in [0.4, 0.5) is 11.4 Å². The van der Waals surface area contributed by atoms with Crippen LogP contribution in [0.5, 0.6) is 17.2 Å². The van der Waals surface area contributed by atoms with Crippen LogP contribution in [0.25, 0.3) is 0 Å². The largest absolute Gasteiger partial charge is 0.492 e. The number of nitrogens with zero attached hydrogens (tertiary/aromatic N) is 1. The van der Waals surface area contributed by atoms with Crippen molar-refractivity contribution >= 4 is 46.4 Å². The second-order valence-electron chi connectivity index (χ2n) is 7.09. The first-order valence-electron chi connectivity index (χ1n) is 10.1. The molecule has 170 valence electrons. The number of hydrogen-bond donors (Lipinski definition) is 1. The lowest BCUT2D eigenvalue weighted by atomic mass is 10.2. The summed E-state index contributed by atoms with van der Waals surface area (Å²) in [6.07, 6.45) is 0. The summed E-state index contributed by atoms with van der Waals surface area (Å²) >= 11 is 11.9. The fourth-order valence-corrected chi connectivity index (χ4v) is 3.69. The van der Waals surface area contributed by atoms with Crippen LogP contribution in [0.15, 0.2) is 66.7 Å². The van der Waals surface area contributed by atoms with Crippen molar-refractivity contribution in [3.63, 3.8) is 0 Å². The van der Waals surface area contributed by atoms with E-state index in [0.717, 1.165) is 5.75 Å². The first-order chi connectivity index (χ1) is 16.0. The van der Waals surface area contributed by atoms with Gasteiger partial charge in [0.2, 0.25) is 0 Å². The third-order valence-electron chi connectivity index (χ3n) is 4.77. The number of para-hydroxylation sites is 1. The van der Waals surface area contributed by atoms with Gasteiger partial charge in [0.15, 0.2) is 13.2 Å². The zero-order valence-electron chi connectivity index (χ0n) is 17.4. The van der Waals surface area contributed by atoms with E-state index in [1.54, 1.807) is 35.2 Å². The number of amides is 2. The summed E-state index contributed by atoms with van der Waals surface area (Å²) in [7, 11) is 0.